The van der Waals surface area contributed by atoms with Gasteiger partial charge in [-0.15, -0.1) is 0 Å². The van der Waals surface area contributed by atoms with Crippen LogP contribution in [-0.2, 0) is 0 Å². The van der Waals surface area contributed by atoms with Crippen molar-refractivity contribution in [1.29, 1.82) is 0 Å². The molecule has 0 fully saturated rings. The Morgan fingerprint density at radius 3 is 2.56 bits per heavy atom. The van der Waals surface area contributed by atoms with E-state index in [-0.39, 0.29) is 0 Å². The molecule has 0 radical (unpaired) electrons. The molecule has 0 spiro atoms. The lowest BCUT2D eigenvalue weighted by atomic mass is 10.4. The summed E-state index contributed by atoms with van der Waals surface area (Å²) >= 11 is 0. The van der Waals surface area contributed by atoms with E-state index in [1.165, 1.54) is 0 Å². The predicted molar refractivity (Wildman–Crippen MR) is 76.1 cm³/mol. The van der Waals surface area contributed by atoms with Crippen LogP contribution in [0.2, 0.25) is 0 Å². The summed E-state index contributed by atoms with van der Waals surface area (Å²) in [6, 6.07) is 1.96. The van der Waals surface area contributed by atoms with Crippen molar-refractivity contribution >= 4 is 11.6 Å². The molecule has 1 aromatic heterocycles. The molecule has 6 heteroatoms. The van der Waals surface area contributed by atoms with Crippen molar-refractivity contribution in [2.24, 2.45) is 5.73 Å². The van der Waals surface area contributed by atoms with E-state index in [9.17, 15) is 0 Å². The van der Waals surface area contributed by atoms with Gasteiger partial charge in [0.1, 0.15) is 17.5 Å². The van der Waals surface area contributed by atoms with E-state index in [1.54, 1.807) is 0 Å². The second-order valence-electron chi connectivity index (χ2n) is 4.60. The number of aryl methyl sites for hydroxylation is 1. The molecule has 18 heavy (non-hydrogen) atoms. The second kappa shape index (κ2) is 7.13. The normalized spacial score (nSPS) is 10.8. The third kappa shape index (κ3) is 4.85. The van der Waals surface area contributed by atoms with Crippen LogP contribution in [0.25, 0.3) is 0 Å². The van der Waals surface area contributed by atoms with E-state index < -0.39 is 0 Å². The average Bonchev–Trinajstić information content (AvgIpc) is 2.28. The van der Waals surface area contributed by atoms with E-state index >= 15 is 0 Å². The van der Waals surface area contributed by atoms with Gasteiger partial charge in [-0.05, 0) is 21.0 Å². The highest BCUT2D eigenvalue weighted by Crippen LogP contribution is 2.13. The minimum absolute atomic E-state index is 0.614. The van der Waals surface area contributed by atoms with Gasteiger partial charge < -0.3 is 20.9 Å². The minimum Gasteiger partial charge on any atom is -0.369 e. The van der Waals surface area contributed by atoms with Crippen molar-refractivity contribution in [2.45, 2.75) is 6.92 Å². The van der Waals surface area contributed by atoms with Gasteiger partial charge in [0.25, 0.3) is 0 Å². The van der Waals surface area contributed by atoms with Gasteiger partial charge in [0.05, 0.1) is 0 Å². The fourth-order valence-electron chi connectivity index (χ4n) is 1.55. The van der Waals surface area contributed by atoms with Crippen LogP contribution in [0, 0.1) is 6.92 Å². The summed E-state index contributed by atoms with van der Waals surface area (Å²) in [6.45, 7) is 5.13. The van der Waals surface area contributed by atoms with Crippen molar-refractivity contribution in [3.05, 3.63) is 11.9 Å². The van der Waals surface area contributed by atoms with E-state index in [1.807, 2.05) is 39.0 Å². The zero-order chi connectivity index (χ0) is 13.5. The Hall–Kier alpha value is -1.40. The molecule has 0 unspecified atom stereocenters. The molecule has 0 aromatic carbocycles. The van der Waals surface area contributed by atoms with Crippen LogP contribution >= 0.6 is 0 Å². The summed E-state index contributed by atoms with van der Waals surface area (Å²) in [6.07, 6.45) is 0. The van der Waals surface area contributed by atoms with E-state index in [0.29, 0.717) is 6.54 Å². The van der Waals surface area contributed by atoms with Crippen LogP contribution in [-0.4, -0.2) is 62.2 Å². The maximum absolute atomic E-state index is 5.55. The Morgan fingerprint density at radius 2 is 1.94 bits per heavy atom. The average molecular weight is 252 g/mol. The first-order chi connectivity index (χ1) is 8.52. The standard InChI is InChI=1S/C12H24N6/c1-10-15-11(14-6-8-17(2)3)9-12(16-10)18(4)7-5-13/h9H,5-8,13H2,1-4H3,(H,14,15,16). The molecule has 1 aromatic rings. The molecule has 0 saturated heterocycles. The summed E-state index contributed by atoms with van der Waals surface area (Å²) in [4.78, 5) is 12.9. The predicted octanol–water partition coefficient (Wildman–Crippen LogP) is 0.153. The molecule has 1 heterocycles. The number of aromatic nitrogens is 2. The van der Waals surface area contributed by atoms with Gasteiger partial charge in [0.15, 0.2) is 0 Å². The van der Waals surface area contributed by atoms with Gasteiger partial charge in [-0.2, -0.15) is 0 Å². The first kappa shape index (κ1) is 14.7. The van der Waals surface area contributed by atoms with Gasteiger partial charge in [-0.3, -0.25) is 0 Å². The molecule has 0 atom stereocenters. The second-order valence-corrected chi connectivity index (χ2v) is 4.60. The van der Waals surface area contributed by atoms with Crippen molar-refractivity contribution in [2.75, 3.05) is 57.5 Å². The number of nitrogens with two attached hydrogens (primary N) is 1. The Kier molecular flexibility index (Phi) is 5.80. The van der Waals surface area contributed by atoms with Gasteiger partial charge >= 0.3 is 0 Å². The monoisotopic (exact) mass is 252 g/mol. The highest BCUT2D eigenvalue weighted by Gasteiger charge is 2.05. The van der Waals surface area contributed by atoms with Gasteiger partial charge in [-0.25, -0.2) is 9.97 Å². The molecule has 102 valence electrons. The Morgan fingerprint density at radius 1 is 1.22 bits per heavy atom. The van der Waals surface area contributed by atoms with Gasteiger partial charge in [0, 0.05) is 39.3 Å². The van der Waals surface area contributed by atoms with Gasteiger partial charge in [0.2, 0.25) is 0 Å². The SMILES string of the molecule is Cc1nc(NCCN(C)C)cc(N(C)CCN)n1. The van der Waals surface area contributed by atoms with Crippen LogP contribution in [0.5, 0.6) is 0 Å². The first-order valence-electron chi connectivity index (χ1n) is 6.18. The number of nitrogens with one attached hydrogen (secondary N) is 1. The van der Waals surface area contributed by atoms with Crippen LogP contribution in [0.15, 0.2) is 6.07 Å². The number of nitrogens with zero attached hydrogens (tertiary/aromatic N) is 4. The summed E-state index contributed by atoms with van der Waals surface area (Å²) < 4.78 is 0. The van der Waals surface area contributed by atoms with E-state index in [4.69, 9.17) is 5.73 Å². The van der Waals surface area contributed by atoms with E-state index in [2.05, 4.69) is 20.2 Å². The molecular formula is C12H24N6. The number of hydrogen-bond donors (Lipinski definition) is 2. The van der Waals surface area contributed by atoms with Crippen LogP contribution in [0.3, 0.4) is 0 Å². The summed E-state index contributed by atoms with van der Waals surface area (Å²) in [5.41, 5.74) is 5.55. The van der Waals surface area contributed by atoms with Crippen molar-refractivity contribution in [1.82, 2.24) is 14.9 Å². The number of hydrogen-bond acceptors (Lipinski definition) is 6. The summed E-state index contributed by atoms with van der Waals surface area (Å²) in [5, 5.41) is 3.30. The fourth-order valence-corrected chi connectivity index (χ4v) is 1.55. The molecule has 1 rings (SSSR count). The Labute approximate surface area is 109 Å². The van der Waals surface area contributed by atoms with Crippen molar-refractivity contribution in [3.63, 3.8) is 0 Å². The molecule has 0 aliphatic carbocycles. The Balaban J connectivity index is 2.68. The Bertz CT molecular complexity index is 366. The minimum atomic E-state index is 0.614. The molecule has 3 N–H and O–H groups in total. The lowest BCUT2D eigenvalue weighted by Crippen LogP contribution is -2.26. The van der Waals surface area contributed by atoms with Gasteiger partial charge in [-0.1, -0.05) is 0 Å². The van der Waals surface area contributed by atoms with Crippen LogP contribution < -0.4 is 16.0 Å². The van der Waals surface area contributed by atoms with E-state index in [0.717, 1.165) is 37.1 Å². The van der Waals surface area contributed by atoms with Crippen LogP contribution in [0.1, 0.15) is 5.82 Å². The molecule has 0 saturated carbocycles. The molecular weight excluding hydrogens is 228 g/mol. The lowest BCUT2D eigenvalue weighted by molar-refractivity contribution is 0.425. The fraction of sp³-hybridized carbons (Fsp3) is 0.667. The number of rotatable bonds is 7. The first-order valence-corrected chi connectivity index (χ1v) is 6.18. The largest absolute Gasteiger partial charge is 0.369 e. The maximum Gasteiger partial charge on any atom is 0.134 e. The summed E-state index contributed by atoms with van der Waals surface area (Å²) in [7, 11) is 6.08. The molecule has 0 bridgehead atoms. The van der Waals surface area contributed by atoms with Crippen molar-refractivity contribution in [3.8, 4) is 0 Å². The third-order valence-corrected chi connectivity index (χ3v) is 2.55. The zero-order valence-electron chi connectivity index (χ0n) is 11.8. The highest BCUT2D eigenvalue weighted by atomic mass is 15.2. The molecule has 0 aliphatic heterocycles. The van der Waals surface area contributed by atoms with Crippen molar-refractivity contribution < 1.29 is 0 Å². The lowest BCUT2D eigenvalue weighted by Gasteiger charge is -2.18. The number of anilines is 2. The molecule has 6 nitrogen and oxygen atoms in total. The molecule has 0 aliphatic rings. The molecule has 0 amide bonds. The maximum atomic E-state index is 5.55. The summed E-state index contributed by atoms with van der Waals surface area (Å²) in [5.74, 6) is 2.53. The highest BCUT2D eigenvalue weighted by molar-refractivity contribution is 5.48. The van der Waals surface area contributed by atoms with Crippen LogP contribution in [0.4, 0.5) is 11.6 Å². The zero-order valence-corrected chi connectivity index (χ0v) is 11.8. The quantitative estimate of drug-likeness (QED) is 0.720. The number of likely N-dealkylation sites (N-methyl/N-ethyl adjacent to an activating group) is 2. The smallest absolute Gasteiger partial charge is 0.134 e. The third-order valence-electron chi connectivity index (χ3n) is 2.55. The topological polar surface area (TPSA) is 70.3 Å².